The lowest BCUT2D eigenvalue weighted by Crippen LogP contribution is -2.16. The van der Waals surface area contributed by atoms with Crippen LogP contribution in [0.25, 0.3) is 0 Å². The molecule has 1 saturated heterocycles. The van der Waals surface area contributed by atoms with Crippen molar-refractivity contribution in [3.63, 3.8) is 0 Å². The Balaban J connectivity index is 1.80. The van der Waals surface area contributed by atoms with Gasteiger partial charge in [0.05, 0.1) is 11.3 Å². The fourth-order valence-electron chi connectivity index (χ4n) is 2.53. The first-order valence-electron chi connectivity index (χ1n) is 6.28. The van der Waals surface area contributed by atoms with Gasteiger partial charge in [-0.05, 0) is 25.2 Å². The summed E-state index contributed by atoms with van der Waals surface area (Å²) >= 11 is 0. The number of aromatic nitrogens is 2. The van der Waals surface area contributed by atoms with Gasteiger partial charge in [0.15, 0.2) is 5.78 Å². The van der Waals surface area contributed by atoms with Crippen molar-refractivity contribution in [2.75, 3.05) is 13.2 Å². The van der Waals surface area contributed by atoms with Gasteiger partial charge in [0, 0.05) is 32.3 Å². The molecule has 1 unspecified atom stereocenters. The Morgan fingerprint density at radius 1 is 1.41 bits per heavy atom. The molecule has 0 amide bonds. The summed E-state index contributed by atoms with van der Waals surface area (Å²) in [5, 5.41) is 0. The molecular weight excluding hydrogens is 216 g/mol. The van der Waals surface area contributed by atoms with Gasteiger partial charge < -0.3 is 4.74 Å². The molecule has 1 fully saturated rings. The molecule has 0 spiro atoms. The number of ketones is 1. The topological polar surface area (TPSA) is 52.1 Å². The van der Waals surface area contributed by atoms with Crippen LogP contribution in [0.4, 0.5) is 0 Å². The van der Waals surface area contributed by atoms with E-state index in [2.05, 4.69) is 9.97 Å². The highest BCUT2D eigenvalue weighted by Crippen LogP contribution is 2.21. The van der Waals surface area contributed by atoms with Crippen LogP contribution in [-0.4, -0.2) is 29.0 Å². The highest BCUT2D eigenvalue weighted by Gasteiger charge is 2.21. The van der Waals surface area contributed by atoms with Crippen molar-refractivity contribution in [2.45, 2.75) is 32.1 Å². The van der Waals surface area contributed by atoms with E-state index < -0.39 is 0 Å². The van der Waals surface area contributed by atoms with Crippen molar-refractivity contribution in [3.8, 4) is 0 Å². The largest absolute Gasteiger partial charge is 0.381 e. The number of Topliss-reactive ketones (excluding diaryl/α,β-unsaturated/α-hetero) is 1. The second kappa shape index (κ2) is 4.53. The smallest absolute Gasteiger partial charge is 0.166 e. The molecule has 2 heterocycles. The minimum atomic E-state index is 0.196. The molecule has 0 bridgehead atoms. The molecule has 90 valence electrons. The van der Waals surface area contributed by atoms with Gasteiger partial charge in [-0.15, -0.1) is 0 Å². The molecule has 1 aromatic rings. The van der Waals surface area contributed by atoms with E-state index in [1.807, 2.05) is 0 Å². The number of rotatable bonds is 2. The van der Waals surface area contributed by atoms with Gasteiger partial charge >= 0.3 is 0 Å². The molecule has 4 heteroatoms. The monoisotopic (exact) mass is 232 g/mol. The Labute approximate surface area is 100 Å². The zero-order valence-electron chi connectivity index (χ0n) is 9.82. The lowest BCUT2D eigenvalue weighted by atomic mass is 9.96. The standard InChI is InChI=1S/C13H16N2O2/c16-12-3-1-2-11-10(12)7-14-13(15-11)6-9-4-5-17-8-9/h7,9H,1-6,8H2. The number of hydrogen-bond acceptors (Lipinski definition) is 4. The second-order valence-corrected chi connectivity index (χ2v) is 4.86. The molecule has 1 aromatic heterocycles. The fraction of sp³-hybridized carbons (Fsp3) is 0.615. The van der Waals surface area contributed by atoms with Crippen molar-refractivity contribution in [2.24, 2.45) is 5.92 Å². The van der Waals surface area contributed by atoms with Crippen molar-refractivity contribution >= 4 is 5.78 Å². The third kappa shape index (κ3) is 2.22. The summed E-state index contributed by atoms with van der Waals surface area (Å²) in [6, 6.07) is 0. The quantitative estimate of drug-likeness (QED) is 0.776. The summed E-state index contributed by atoms with van der Waals surface area (Å²) in [5.74, 6) is 1.61. The minimum absolute atomic E-state index is 0.196. The van der Waals surface area contributed by atoms with Crippen LogP contribution in [-0.2, 0) is 17.6 Å². The maximum atomic E-state index is 11.6. The van der Waals surface area contributed by atoms with E-state index in [4.69, 9.17) is 4.74 Å². The Morgan fingerprint density at radius 2 is 2.35 bits per heavy atom. The summed E-state index contributed by atoms with van der Waals surface area (Å²) in [4.78, 5) is 20.5. The van der Waals surface area contributed by atoms with E-state index in [0.29, 0.717) is 12.3 Å². The maximum absolute atomic E-state index is 11.6. The molecule has 1 aliphatic carbocycles. The third-order valence-corrected chi connectivity index (χ3v) is 3.53. The van der Waals surface area contributed by atoms with Gasteiger partial charge in [-0.25, -0.2) is 9.97 Å². The van der Waals surface area contributed by atoms with Crippen molar-refractivity contribution in [1.29, 1.82) is 0 Å². The third-order valence-electron chi connectivity index (χ3n) is 3.53. The van der Waals surface area contributed by atoms with E-state index in [9.17, 15) is 4.79 Å². The Kier molecular flexibility index (Phi) is 2.89. The van der Waals surface area contributed by atoms with E-state index in [0.717, 1.165) is 56.0 Å². The number of carbonyl (C=O) groups excluding carboxylic acids is 1. The molecule has 17 heavy (non-hydrogen) atoms. The molecule has 1 atom stereocenters. The van der Waals surface area contributed by atoms with Crippen LogP contribution in [0.2, 0.25) is 0 Å². The Bertz CT molecular complexity index is 439. The predicted molar refractivity (Wildman–Crippen MR) is 61.9 cm³/mol. The zero-order chi connectivity index (χ0) is 11.7. The highest BCUT2D eigenvalue weighted by molar-refractivity contribution is 5.97. The van der Waals surface area contributed by atoms with E-state index in [-0.39, 0.29) is 5.78 Å². The van der Waals surface area contributed by atoms with Crippen LogP contribution in [0.15, 0.2) is 6.20 Å². The van der Waals surface area contributed by atoms with E-state index >= 15 is 0 Å². The van der Waals surface area contributed by atoms with Gasteiger partial charge in [-0.1, -0.05) is 0 Å². The summed E-state index contributed by atoms with van der Waals surface area (Å²) in [6.45, 7) is 1.67. The number of hydrogen-bond donors (Lipinski definition) is 0. The van der Waals surface area contributed by atoms with Crippen LogP contribution in [0, 0.1) is 5.92 Å². The van der Waals surface area contributed by atoms with Crippen LogP contribution < -0.4 is 0 Å². The lowest BCUT2D eigenvalue weighted by molar-refractivity contribution is 0.0971. The Morgan fingerprint density at radius 3 is 3.18 bits per heavy atom. The summed E-state index contributed by atoms with van der Waals surface area (Å²) in [5.41, 5.74) is 1.69. The van der Waals surface area contributed by atoms with Crippen molar-refractivity contribution in [3.05, 3.63) is 23.3 Å². The van der Waals surface area contributed by atoms with Gasteiger partial charge in [0.25, 0.3) is 0 Å². The minimum Gasteiger partial charge on any atom is -0.381 e. The fourth-order valence-corrected chi connectivity index (χ4v) is 2.53. The molecule has 4 nitrogen and oxygen atoms in total. The molecule has 0 N–H and O–H groups in total. The average Bonchev–Trinajstić information content (AvgIpc) is 2.82. The number of fused-ring (bicyclic) bond motifs is 1. The van der Waals surface area contributed by atoms with Crippen LogP contribution in [0.3, 0.4) is 0 Å². The van der Waals surface area contributed by atoms with Gasteiger partial charge in [-0.3, -0.25) is 4.79 Å². The Hall–Kier alpha value is -1.29. The first-order chi connectivity index (χ1) is 8.33. The number of ether oxygens (including phenoxy) is 1. The number of aryl methyl sites for hydroxylation is 1. The van der Waals surface area contributed by atoms with E-state index in [1.54, 1.807) is 6.20 Å². The molecule has 2 aliphatic rings. The molecule has 0 saturated carbocycles. The molecule has 1 aliphatic heterocycles. The molecular formula is C13H16N2O2. The lowest BCUT2D eigenvalue weighted by Gasteiger charge is -2.14. The van der Waals surface area contributed by atoms with Crippen LogP contribution in [0.5, 0.6) is 0 Å². The summed E-state index contributed by atoms with van der Waals surface area (Å²) < 4.78 is 5.35. The van der Waals surface area contributed by atoms with Gasteiger partial charge in [-0.2, -0.15) is 0 Å². The normalized spacial score (nSPS) is 23.8. The number of carbonyl (C=O) groups is 1. The summed E-state index contributed by atoms with van der Waals surface area (Å²) in [6.07, 6.45) is 6.18. The SMILES string of the molecule is O=C1CCCc2nc(CC3CCOC3)ncc21. The van der Waals surface area contributed by atoms with Gasteiger partial charge in [0.2, 0.25) is 0 Å². The van der Waals surface area contributed by atoms with Crippen LogP contribution in [0.1, 0.15) is 41.1 Å². The maximum Gasteiger partial charge on any atom is 0.166 e. The predicted octanol–water partition coefficient (Wildman–Crippen LogP) is 1.57. The highest BCUT2D eigenvalue weighted by atomic mass is 16.5. The zero-order valence-corrected chi connectivity index (χ0v) is 9.82. The van der Waals surface area contributed by atoms with Gasteiger partial charge in [0.1, 0.15) is 5.82 Å². The molecule has 3 rings (SSSR count). The van der Waals surface area contributed by atoms with Crippen molar-refractivity contribution < 1.29 is 9.53 Å². The van der Waals surface area contributed by atoms with Crippen LogP contribution >= 0.6 is 0 Å². The molecule has 0 radical (unpaired) electrons. The molecule has 0 aromatic carbocycles. The first kappa shape index (κ1) is 10.8. The number of nitrogens with zero attached hydrogens (tertiary/aromatic N) is 2. The van der Waals surface area contributed by atoms with Crippen molar-refractivity contribution in [1.82, 2.24) is 9.97 Å². The summed E-state index contributed by atoms with van der Waals surface area (Å²) in [7, 11) is 0. The second-order valence-electron chi connectivity index (χ2n) is 4.86. The van der Waals surface area contributed by atoms with E-state index in [1.165, 1.54) is 0 Å². The average molecular weight is 232 g/mol. The first-order valence-corrected chi connectivity index (χ1v) is 6.28.